The quantitative estimate of drug-likeness (QED) is 0.551. The van der Waals surface area contributed by atoms with Gasteiger partial charge in [-0.05, 0) is 25.3 Å². The summed E-state index contributed by atoms with van der Waals surface area (Å²) in [5.74, 6) is 0.523. The molecule has 1 rings (SSSR count). The van der Waals surface area contributed by atoms with Crippen LogP contribution in [-0.2, 0) is 4.74 Å². The highest BCUT2D eigenvalue weighted by molar-refractivity contribution is 6.23. The van der Waals surface area contributed by atoms with Gasteiger partial charge >= 0.3 is 0 Å². The Hall–Kier alpha value is -0.340. The fraction of sp³-hybridized carbons (Fsp3) is 0.786. The van der Waals surface area contributed by atoms with Gasteiger partial charge in [-0.15, -0.1) is 11.6 Å². The number of allylic oxidation sites excluding steroid dienone is 2. The van der Waals surface area contributed by atoms with Crippen molar-refractivity contribution in [3.8, 4) is 0 Å². The number of hydrogen-bond acceptors (Lipinski definition) is 2. The van der Waals surface area contributed by atoms with Crippen LogP contribution in [0.4, 0.5) is 0 Å². The van der Waals surface area contributed by atoms with Crippen molar-refractivity contribution in [1.82, 2.24) is 0 Å². The topological polar surface area (TPSA) is 21.6 Å². The minimum absolute atomic E-state index is 0.177. The molecule has 0 heterocycles. The van der Waals surface area contributed by atoms with Crippen LogP contribution in [0.2, 0.25) is 0 Å². The fourth-order valence-corrected chi connectivity index (χ4v) is 2.41. The molecule has 0 saturated heterocycles. The Morgan fingerprint density at radius 1 is 1.47 bits per heavy atom. The van der Waals surface area contributed by atoms with E-state index in [1.807, 2.05) is 13.8 Å². The van der Waals surface area contributed by atoms with Crippen molar-refractivity contribution >= 4 is 17.3 Å². The van der Waals surface area contributed by atoms with Gasteiger partial charge in [0.15, 0.2) is 0 Å². The lowest BCUT2D eigenvalue weighted by Gasteiger charge is -2.25. The summed E-state index contributed by atoms with van der Waals surface area (Å²) in [6.07, 6.45) is 4.24. The first kappa shape index (κ1) is 16.7. The maximum atomic E-state index is 6.16. The van der Waals surface area contributed by atoms with E-state index < -0.39 is 0 Å². The van der Waals surface area contributed by atoms with Gasteiger partial charge in [-0.2, -0.15) is 0 Å². The van der Waals surface area contributed by atoms with Gasteiger partial charge in [-0.3, -0.25) is 4.99 Å². The van der Waals surface area contributed by atoms with Gasteiger partial charge in [0.25, 0.3) is 0 Å². The molecule has 0 fully saturated rings. The molecule has 0 N–H and O–H groups in total. The van der Waals surface area contributed by atoms with Gasteiger partial charge < -0.3 is 4.74 Å². The predicted octanol–water partition coefficient (Wildman–Crippen LogP) is 4.08. The Labute approximate surface area is 111 Å². The van der Waals surface area contributed by atoms with Crippen molar-refractivity contribution < 1.29 is 4.74 Å². The molecule has 0 spiro atoms. The number of halogens is 1. The lowest BCUT2D eigenvalue weighted by atomic mass is 9.85. The maximum Gasteiger partial charge on any atom is 0.0658 e. The number of methoxy groups -OCH3 is 1. The van der Waals surface area contributed by atoms with Crippen LogP contribution in [0.15, 0.2) is 16.6 Å². The molecule has 0 aromatic heterocycles. The normalized spacial score (nSPS) is 26.2. The zero-order valence-electron chi connectivity index (χ0n) is 11.8. The van der Waals surface area contributed by atoms with E-state index in [-0.39, 0.29) is 5.38 Å². The largest absolute Gasteiger partial charge is 0.383 e. The summed E-state index contributed by atoms with van der Waals surface area (Å²) in [5.41, 5.74) is 2.47. The summed E-state index contributed by atoms with van der Waals surface area (Å²) < 4.78 is 5.01. The first-order chi connectivity index (χ1) is 8.19. The summed E-state index contributed by atoms with van der Waals surface area (Å²) in [6, 6.07) is 0. The summed E-state index contributed by atoms with van der Waals surface area (Å²) in [4.78, 5) is 4.61. The molecule has 1 aliphatic carbocycles. The third-order valence-corrected chi connectivity index (χ3v) is 3.11. The highest BCUT2D eigenvalue weighted by Gasteiger charge is 2.23. The Kier molecular flexibility index (Phi) is 9.47. The van der Waals surface area contributed by atoms with Crippen LogP contribution in [-0.4, -0.2) is 31.4 Å². The first-order valence-corrected chi connectivity index (χ1v) is 6.98. The van der Waals surface area contributed by atoms with E-state index in [1.165, 1.54) is 11.3 Å². The number of hydrogen-bond donors (Lipinski definition) is 0. The summed E-state index contributed by atoms with van der Waals surface area (Å²) in [5, 5.41) is 0.177. The van der Waals surface area contributed by atoms with Gasteiger partial charge in [0, 0.05) is 18.7 Å². The predicted molar refractivity (Wildman–Crippen MR) is 77.3 cm³/mol. The summed E-state index contributed by atoms with van der Waals surface area (Å²) >= 11 is 6.16. The third kappa shape index (κ3) is 5.69. The van der Waals surface area contributed by atoms with Crippen molar-refractivity contribution in [2.75, 3.05) is 20.3 Å². The highest BCUT2D eigenvalue weighted by atomic mass is 35.5. The Morgan fingerprint density at radius 2 is 2.12 bits per heavy atom. The smallest absolute Gasteiger partial charge is 0.0658 e. The average molecular weight is 260 g/mol. The molecule has 0 aliphatic heterocycles. The molecule has 100 valence electrons. The van der Waals surface area contributed by atoms with Crippen LogP contribution >= 0.6 is 11.6 Å². The molecular weight excluding hydrogens is 234 g/mol. The van der Waals surface area contributed by atoms with E-state index in [1.54, 1.807) is 7.11 Å². The minimum Gasteiger partial charge on any atom is -0.383 e. The van der Waals surface area contributed by atoms with Crippen molar-refractivity contribution in [1.29, 1.82) is 0 Å². The number of aliphatic imine (C=N–C) groups is 1. The zero-order chi connectivity index (χ0) is 13.3. The molecule has 3 heteroatoms. The van der Waals surface area contributed by atoms with E-state index in [4.69, 9.17) is 16.3 Å². The van der Waals surface area contributed by atoms with Crippen LogP contribution in [0.5, 0.6) is 0 Å². The van der Waals surface area contributed by atoms with Crippen LogP contribution in [0, 0.1) is 5.92 Å². The zero-order valence-corrected chi connectivity index (χ0v) is 12.5. The Morgan fingerprint density at radius 3 is 2.65 bits per heavy atom. The van der Waals surface area contributed by atoms with Gasteiger partial charge in [-0.1, -0.05) is 26.8 Å². The van der Waals surface area contributed by atoms with Gasteiger partial charge in [-0.25, -0.2) is 0 Å². The first-order valence-electron chi connectivity index (χ1n) is 6.55. The molecule has 2 unspecified atom stereocenters. The molecule has 17 heavy (non-hydrogen) atoms. The lowest BCUT2D eigenvalue weighted by molar-refractivity contribution is 0.208. The molecule has 0 aromatic carbocycles. The standard InChI is InChI=1S/C12H20ClNO.C2H6/c1-4-10-8-11(13)7-9(2)12(10)14-5-6-15-3;1-2/h7,10-11H,4-6,8H2,1-3H3;1-2H3. The van der Waals surface area contributed by atoms with Crippen molar-refractivity contribution in [3.05, 3.63) is 11.6 Å². The number of rotatable bonds is 4. The minimum atomic E-state index is 0.177. The van der Waals surface area contributed by atoms with Gasteiger partial charge in [0.05, 0.1) is 18.5 Å². The number of alkyl halides is 1. The summed E-state index contributed by atoms with van der Waals surface area (Å²) in [6.45, 7) is 9.74. The summed E-state index contributed by atoms with van der Waals surface area (Å²) in [7, 11) is 1.70. The van der Waals surface area contributed by atoms with Gasteiger partial charge in [0.1, 0.15) is 0 Å². The monoisotopic (exact) mass is 259 g/mol. The van der Waals surface area contributed by atoms with E-state index >= 15 is 0 Å². The van der Waals surface area contributed by atoms with E-state index in [9.17, 15) is 0 Å². The Balaban J connectivity index is 0.00000121. The molecule has 0 saturated carbocycles. The molecule has 2 nitrogen and oxygen atoms in total. The second-order valence-corrected chi connectivity index (χ2v) is 4.53. The van der Waals surface area contributed by atoms with E-state index in [0.29, 0.717) is 12.5 Å². The molecule has 0 aromatic rings. The lowest BCUT2D eigenvalue weighted by Crippen LogP contribution is -2.24. The highest BCUT2D eigenvalue weighted by Crippen LogP contribution is 2.27. The second-order valence-electron chi connectivity index (χ2n) is 3.97. The van der Waals surface area contributed by atoms with E-state index in [2.05, 4.69) is 24.9 Å². The van der Waals surface area contributed by atoms with Crippen molar-refractivity contribution in [2.45, 2.75) is 45.9 Å². The molecular formula is C14H26ClNO. The van der Waals surface area contributed by atoms with Crippen LogP contribution < -0.4 is 0 Å². The van der Waals surface area contributed by atoms with Crippen molar-refractivity contribution in [3.63, 3.8) is 0 Å². The molecule has 0 bridgehead atoms. The molecule has 0 radical (unpaired) electrons. The maximum absolute atomic E-state index is 6.16. The van der Waals surface area contributed by atoms with Crippen LogP contribution in [0.1, 0.15) is 40.5 Å². The number of ether oxygens (including phenoxy) is 1. The van der Waals surface area contributed by atoms with Crippen LogP contribution in [0.3, 0.4) is 0 Å². The van der Waals surface area contributed by atoms with Crippen molar-refractivity contribution in [2.24, 2.45) is 10.9 Å². The van der Waals surface area contributed by atoms with Crippen LogP contribution in [0.25, 0.3) is 0 Å². The average Bonchev–Trinajstić information content (AvgIpc) is 2.34. The van der Waals surface area contributed by atoms with Gasteiger partial charge in [0.2, 0.25) is 0 Å². The fourth-order valence-electron chi connectivity index (χ4n) is 2.00. The molecule has 0 amide bonds. The SMILES string of the molecule is CC.CCC1CC(Cl)C=C(C)C1=NCCOC. The number of nitrogens with zero attached hydrogens (tertiary/aromatic N) is 1. The molecule has 2 atom stereocenters. The molecule has 1 aliphatic rings. The third-order valence-electron chi connectivity index (χ3n) is 2.80. The Bertz CT molecular complexity index is 261. The second kappa shape index (κ2) is 9.67. The van der Waals surface area contributed by atoms with E-state index in [0.717, 1.165) is 19.4 Å².